The molecular formula is C29H36ClN3O6. The van der Waals surface area contributed by atoms with E-state index in [-0.39, 0.29) is 29.7 Å². The molecular weight excluding hydrogens is 522 g/mol. The number of rotatable bonds is 8. The molecule has 2 amide bonds. The molecule has 0 atom stereocenters. The van der Waals surface area contributed by atoms with Crippen LogP contribution in [-0.4, -0.2) is 64.2 Å². The summed E-state index contributed by atoms with van der Waals surface area (Å²) in [4.78, 5) is 30.5. The normalized spacial score (nSPS) is 11.7. The molecule has 0 aromatic heterocycles. The molecule has 3 aromatic rings. The summed E-state index contributed by atoms with van der Waals surface area (Å²) >= 11 is 0. The lowest BCUT2D eigenvalue weighted by Crippen LogP contribution is -2.30. The van der Waals surface area contributed by atoms with Crippen LogP contribution < -0.4 is 24.4 Å². The number of hydrogen-bond donors (Lipinski definition) is 1. The average molecular weight is 558 g/mol. The Morgan fingerprint density at radius 1 is 0.872 bits per heavy atom. The smallest absolute Gasteiger partial charge is 0.255 e. The number of carbonyl (C=O) groups excluding carboxylic acids is 2. The second-order valence-electron chi connectivity index (χ2n) is 9.12. The minimum Gasteiger partial charge on any atom is -0.493 e. The predicted octanol–water partition coefficient (Wildman–Crippen LogP) is 4.28. The molecule has 0 radical (unpaired) electrons. The number of fused-ring (bicyclic) bond motifs is 2. The lowest BCUT2D eigenvalue weighted by atomic mass is 10.0. The Kier molecular flexibility index (Phi) is 11.2. The van der Waals surface area contributed by atoms with Crippen LogP contribution in [-0.2, 0) is 17.6 Å². The summed E-state index contributed by atoms with van der Waals surface area (Å²) in [7, 11) is 8.43. The summed E-state index contributed by atoms with van der Waals surface area (Å²) in [5.41, 5.74) is 4.80. The Hall–Kier alpha value is -3.79. The van der Waals surface area contributed by atoms with E-state index < -0.39 is 0 Å². The van der Waals surface area contributed by atoms with Gasteiger partial charge in [0.1, 0.15) is 0 Å². The Bertz CT molecular complexity index is 1290. The van der Waals surface area contributed by atoms with E-state index in [9.17, 15) is 9.59 Å². The summed E-state index contributed by atoms with van der Waals surface area (Å²) in [5.74, 6) is 0.875. The zero-order valence-electron chi connectivity index (χ0n) is 22.9. The summed E-state index contributed by atoms with van der Waals surface area (Å²) < 4.78 is 16.1. The molecule has 4 rings (SSSR count). The van der Waals surface area contributed by atoms with E-state index in [0.29, 0.717) is 41.5 Å². The summed E-state index contributed by atoms with van der Waals surface area (Å²) in [6.07, 6.45) is 2.01. The molecule has 9 nitrogen and oxygen atoms in total. The molecule has 39 heavy (non-hydrogen) atoms. The number of halogens is 1. The highest BCUT2D eigenvalue weighted by atomic mass is 35.5. The largest absolute Gasteiger partial charge is 0.493 e. The topological polar surface area (TPSA) is 112 Å². The molecule has 0 spiro atoms. The number of aryl methyl sites for hydroxylation is 2. The van der Waals surface area contributed by atoms with Gasteiger partial charge in [-0.05, 0) is 68.4 Å². The number of amides is 2. The number of ether oxygens (including phenoxy) is 3. The molecule has 1 aliphatic heterocycles. The van der Waals surface area contributed by atoms with Gasteiger partial charge in [0.25, 0.3) is 5.91 Å². The number of methoxy groups -OCH3 is 3. The van der Waals surface area contributed by atoms with E-state index in [4.69, 9.17) is 14.2 Å². The second kappa shape index (κ2) is 13.8. The fourth-order valence-corrected chi connectivity index (χ4v) is 4.52. The van der Waals surface area contributed by atoms with Gasteiger partial charge in [0.2, 0.25) is 11.7 Å². The molecule has 1 aliphatic rings. The number of hydrogen-bond acceptors (Lipinski definition) is 6. The molecule has 1 heterocycles. The van der Waals surface area contributed by atoms with E-state index in [2.05, 4.69) is 11.4 Å². The SMILES string of the molecule is COc1cc(C(=O)Nc2ccc3c(c2)N(C(=O)CCN(C)C)c2ccccc2CC3)cc(OC)c1OC.Cl.O. The third-order valence-electron chi connectivity index (χ3n) is 6.43. The molecule has 0 unspecified atom stereocenters. The second-order valence-corrected chi connectivity index (χ2v) is 9.12. The summed E-state index contributed by atoms with van der Waals surface area (Å²) in [6, 6.07) is 16.9. The first-order valence-corrected chi connectivity index (χ1v) is 12.2. The maximum Gasteiger partial charge on any atom is 0.255 e. The Balaban J connectivity index is 0.00000267. The van der Waals surface area contributed by atoms with Gasteiger partial charge in [-0.3, -0.25) is 14.5 Å². The average Bonchev–Trinajstić information content (AvgIpc) is 3.07. The Morgan fingerprint density at radius 3 is 2.08 bits per heavy atom. The van der Waals surface area contributed by atoms with Crippen LogP contribution in [0.15, 0.2) is 54.6 Å². The standard InChI is InChI=1S/C29H33N3O5.ClH.H2O/c1-31(2)15-14-27(33)32-23-9-7-6-8-19(23)10-11-20-12-13-22(18-24(20)32)30-29(34)21-16-25(35-3)28(37-5)26(17-21)36-4;;/h6-9,12-13,16-18H,10-11,14-15H2,1-5H3,(H,30,34);1H;1H2. The van der Waals surface area contributed by atoms with Gasteiger partial charge < -0.3 is 29.9 Å². The van der Waals surface area contributed by atoms with Crippen LogP contribution in [0.5, 0.6) is 17.2 Å². The molecule has 3 N–H and O–H groups in total. The van der Waals surface area contributed by atoms with Crippen molar-refractivity contribution in [1.82, 2.24) is 4.90 Å². The van der Waals surface area contributed by atoms with Crippen LogP contribution in [0.2, 0.25) is 0 Å². The zero-order chi connectivity index (χ0) is 26.5. The quantitative estimate of drug-likeness (QED) is 0.442. The minimum absolute atomic E-state index is 0. The molecule has 0 bridgehead atoms. The molecule has 0 aliphatic carbocycles. The Morgan fingerprint density at radius 2 is 1.49 bits per heavy atom. The van der Waals surface area contributed by atoms with Crippen molar-refractivity contribution in [3.8, 4) is 17.2 Å². The van der Waals surface area contributed by atoms with Crippen LogP contribution >= 0.6 is 12.4 Å². The zero-order valence-corrected chi connectivity index (χ0v) is 23.7. The third-order valence-corrected chi connectivity index (χ3v) is 6.43. The van der Waals surface area contributed by atoms with Crippen molar-refractivity contribution in [1.29, 1.82) is 0 Å². The van der Waals surface area contributed by atoms with Gasteiger partial charge >= 0.3 is 0 Å². The van der Waals surface area contributed by atoms with Gasteiger partial charge in [-0.1, -0.05) is 24.3 Å². The van der Waals surface area contributed by atoms with Crippen molar-refractivity contribution in [2.45, 2.75) is 19.3 Å². The highest BCUT2D eigenvalue weighted by molar-refractivity contribution is 6.07. The van der Waals surface area contributed by atoms with E-state index in [1.807, 2.05) is 55.4 Å². The summed E-state index contributed by atoms with van der Waals surface area (Å²) in [5, 5.41) is 2.97. The van der Waals surface area contributed by atoms with Gasteiger partial charge in [0, 0.05) is 24.2 Å². The van der Waals surface area contributed by atoms with Crippen molar-refractivity contribution in [2.75, 3.05) is 52.2 Å². The van der Waals surface area contributed by atoms with Crippen molar-refractivity contribution >= 4 is 41.3 Å². The molecule has 10 heteroatoms. The number of nitrogens with zero attached hydrogens (tertiary/aromatic N) is 2. The first-order valence-electron chi connectivity index (χ1n) is 12.2. The predicted molar refractivity (Wildman–Crippen MR) is 156 cm³/mol. The first-order chi connectivity index (χ1) is 17.9. The number of anilines is 3. The lowest BCUT2D eigenvalue weighted by molar-refractivity contribution is -0.118. The van der Waals surface area contributed by atoms with Gasteiger partial charge in [0.05, 0.1) is 32.7 Å². The fraction of sp³-hybridized carbons (Fsp3) is 0.310. The highest BCUT2D eigenvalue weighted by Crippen LogP contribution is 2.40. The first kappa shape index (κ1) is 31.4. The third kappa shape index (κ3) is 6.81. The highest BCUT2D eigenvalue weighted by Gasteiger charge is 2.26. The lowest BCUT2D eigenvalue weighted by Gasteiger charge is -2.26. The number of para-hydroxylation sites is 1. The van der Waals surface area contributed by atoms with Crippen LogP contribution in [0.4, 0.5) is 17.1 Å². The maximum atomic E-state index is 13.5. The van der Waals surface area contributed by atoms with Crippen molar-refractivity contribution in [3.63, 3.8) is 0 Å². The van der Waals surface area contributed by atoms with Crippen molar-refractivity contribution < 1.29 is 29.3 Å². The van der Waals surface area contributed by atoms with Gasteiger partial charge in [-0.15, -0.1) is 12.4 Å². The van der Waals surface area contributed by atoms with E-state index >= 15 is 0 Å². The van der Waals surface area contributed by atoms with Gasteiger partial charge in [0.15, 0.2) is 11.5 Å². The van der Waals surface area contributed by atoms with Gasteiger partial charge in [-0.25, -0.2) is 0 Å². The molecule has 0 saturated heterocycles. The monoisotopic (exact) mass is 557 g/mol. The van der Waals surface area contributed by atoms with Crippen LogP contribution in [0.25, 0.3) is 0 Å². The van der Waals surface area contributed by atoms with E-state index in [1.54, 1.807) is 17.0 Å². The number of carbonyl (C=O) groups is 2. The number of benzene rings is 3. The fourth-order valence-electron chi connectivity index (χ4n) is 4.52. The van der Waals surface area contributed by atoms with Crippen molar-refractivity contribution in [2.24, 2.45) is 0 Å². The van der Waals surface area contributed by atoms with Crippen LogP contribution in [0.3, 0.4) is 0 Å². The Labute approximate surface area is 235 Å². The van der Waals surface area contributed by atoms with Gasteiger partial charge in [-0.2, -0.15) is 0 Å². The number of nitrogens with one attached hydrogen (secondary N) is 1. The molecule has 0 saturated carbocycles. The van der Waals surface area contributed by atoms with E-state index in [0.717, 1.165) is 35.3 Å². The minimum atomic E-state index is -0.335. The summed E-state index contributed by atoms with van der Waals surface area (Å²) in [6.45, 7) is 0.643. The van der Waals surface area contributed by atoms with Crippen LogP contribution in [0.1, 0.15) is 27.9 Å². The van der Waals surface area contributed by atoms with E-state index in [1.165, 1.54) is 21.3 Å². The molecule has 3 aromatic carbocycles. The van der Waals surface area contributed by atoms with Crippen LogP contribution in [0, 0.1) is 0 Å². The maximum absolute atomic E-state index is 13.5. The van der Waals surface area contributed by atoms with Crippen molar-refractivity contribution in [3.05, 3.63) is 71.3 Å². The molecule has 210 valence electrons. The molecule has 0 fully saturated rings.